The Morgan fingerprint density at radius 3 is 2.42 bits per heavy atom. The molecule has 4 rings (SSSR count). The molecular formula is C26H27F5. The van der Waals surface area contributed by atoms with Gasteiger partial charge in [0.05, 0.1) is 5.56 Å². The summed E-state index contributed by atoms with van der Waals surface area (Å²) in [5.41, 5.74) is 1.64. The zero-order valence-electron chi connectivity index (χ0n) is 17.6. The highest BCUT2D eigenvalue weighted by atomic mass is 19.4. The van der Waals surface area contributed by atoms with Gasteiger partial charge in [-0.1, -0.05) is 24.3 Å². The van der Waals surface area contributed by atoms with Crippen LogP contribution >= 0.6 is 0 Å². The van der Waals surface area contributed by atoms with Crippen LogP contribution in [0.1, 0.15) is 73.1 Å². The number of allylic oxidation sites excluding steroid dienone is 2. The van der Waals surface area contributed by atoms with Crippen LogP contribution in [0, 0.1) is 23.5 Å². The molecule has 166 valence electrons. The quantitative estimate of drug-likeness (QED) is 0.336. The standard InChI is InChI=1S/C26H27F5/c1-2-3-4-5-16-8-11-20-22(13-12-21-23(20)14-19(27)15-24(21)28)25(16)17-6-9-18(10-7-17)26(29,30)31/h2-3,6-7,9-10,14-16,20,22,25H,4-5,8,11-13H2,1H3/b3-2+/t16-,20-,22+,25-/m1/s1. The normalized spacial score (nSPS) is 26.0. The second kappa shape index (κ2) is 8.76. The summed E-state index contributed by atoms with van der Waals surface area (Å²) < 4.78 is 67.6. The third-order valence-corrected chi connectivity index (χ3v) is 7.22. The van der Waals surface area contributed by atoms with E-state index in [9.17, 15) is 22.0 Å². The zero-order valence-corrected chi connectivity index (χ0v) is 17.6. The second-order valence-corrected chi connectivity index (χ2v) is 8.89. The van der Waals surface area contributed by atoms with Gasteiger partial charge in [0.15, 0.2) is 0 Å². The van der Waals surface area contributed by atoms with Gasteiger partial charge in [0.1, 0.15) is 11.6 Å². The van der Waals surface area contributed by atoms with Gasteiger partial charge >= 0.3 is 6.18 Å². The molecule has 2 aromatic carbocycles. The van der Waals surface area contributed by atoms with Crippen molar-refractivity contribution in [1.29, 1.82) is 0 Å². The fourth-order valence-electron chi connectivity index (χ4n) is 5.90. The smallest absolute Gasteiger partial charge is 0.207 e. The van der Waals surface area contributed by atoms with Crippen molar-refractivity contribution in [3.63, 3.8) is 0 Å². The van der Waals surface area contributed by atoms with E-state index in [1.54, 1.807) is 12.1 Å². The lowest BCUT2D eigenvalue weighted by atomic mass is 9.57. The minimum Gasteiger partial charge on any atom is -0.207 e. The van der Waals surface area contributed by atoms with Gasteiger partial charge in [-0.15, -0.1) is 0 Å². The molecule has 4 atom stereocenters. The van der Waals surface area contributed by atoms with Crippen molar-refractivity contribution < 1.29 is 22.0 Å². The summed E-state index contributed by atoms with van der Waals surface area (Å²) in [7, 11) is 0. The highest BCUT2D eigenvalue weighted by Crippen LogP contribution is 2.55. The predicted molar refractivity (Wildman–Crippen MR) is 112 cm³/mol. The van der Waals surface area contributed by atoms with Crippen molar-refractivity contribution >= 4 is 0 Å². The average Bonchev–Trinajstić information content (AvgIpc) is 2.73. The van der Waals surface area contributed by atoms with Crippen LogP contribution in [-0.2, 0) is 12.6 Å². The van der Waals surface area contributed by atoms with Crippen LogP contribution in [0.3, 0.4) is 0 Å². The van der Waals surface area contributed by atoms with Crippen molar-refractivity contribution in [2.45, 2.75) is 63.5 Å². The number of benzene rings is 2. The third kappa shape index (κ3) is 4.42. The van der Waals surface area contributed by atoms with Gasteiger partial charge in [-0.05, 0) is 104 Å². The summed E-state index contributed by atoms with van der Waals surface area (Å²) in [6.07, 6.45) is 4.74. The van der Waals surface area contributed by atoms with Gasteiger partial charge in [-0.2, -0.15) is 13.2 Å². The maximum Gasteiger partial charge on any atom is 0.416 e. The van der Waals surface area contributed by atoms with Gasteiger partial charge < -0.3 is 0 Å². The predicted octanol–water partition coefficient (Wildman–Crippen LogP) is 8.18. The van der Waals surface area contributed by atoms with E-state index in [4.69, 9.17) is 0 Å². The Morgan fingerprint density at radius 1 is 1.00 bits per heavy atom. The molecule has 0 nitrogen and oxygen atoms in total. The molecule has 0 saturated heterocycles. The molecule has 2 aliphatic rings. The Kier molecular flexibility index (Phi) is 6.23. The fraction of sp³-hybridized carbons (Fsp3) is 0.462. The molecular weight excluding hydrogens is 407 g/mol. The Labute approximate surface area is 180 Å². The molecule has 2 aromatic rings. The summed E-state index contributed by atoms with van der Waals surface area (Å²) in [5, 5.41) is 0. The van der Waals surface area contributed by atoms with Crippen molar-refractivity contribution in [3.05, 3.63) is 82.4 Å². The Bertz CT molecular complexity index is 942. The van der Waals surface area contributed by atoms with Gasteiger partial charge in [0.2, 0.25) is 0 Å². The summed E-state index contributed by atoms with van der Waals surface area (Å²) in [6, 6.07) is 7.98. The lowest BCUT2D eigenvalue weighted by molar-refractivity contribution is -0.137. The molecule has 0 unspecified atom stereocenters. The molecule has 0 N–H and O–H groups in total. The van der Waals surface area contributed by atoms with E-state index >= 15 is 0 Å². The van der Waals surface area contributed by atoms with Crippen molar-refractivity contribution in [3.8, 4) is 0 Å². The highest BCUT2D eigenvalue weighted by molar-refractivity contribution is 5.38. The van der Waals surface area contributed by atoms with Gasteiger partial charge in [0.25, 0.3) is 0 Å². The minimum atomic E-state index is -4.36. The van der Waals surface area contributed by atoms with Gasteiger partial charge in [0, 0.05) is 6.07 Å². The van der Waals surface area contributed by atoms with E-state index in [0.717, 1.165) is 61.4 Å². The molecule has 1 saturated carbocycles. The van der Waals surface area contributed by atoms with Gasteiger partial charge in [-0.3, -0.25) is 0 Å². The molecule has 1 fully saturated rings. The molecule has 0 amide bonds. The van der Waals surface area contributed by atoms with Crippen LogP contribution in [0.5, 0.6) is 0 Å². The van der Waals surface area contributed by atoms with Crippen molar-refractivity contribution in [2.24, 2.45) is 11.8 Å². The lowest BCUT2D eigenvalue weighted by Gasteiger charge is -2.47. The molecule has 0 spiro atoms. The number of alkyl halides is 3. The number of fused-ring (bicyclic) bond motifs is 3. The number of halogens is 5. The highest BCUT2D eigenvalue weighted by Gasteiger charge is 2.43. The summed E-state index contributed by atoms with van der Waals surface area (Å²) >= 11 is 0. The molecule has 2 aliphatic carbocycles. The van der Waals surface area contributed by atoms with Crippen LogP contribution in [0.4, 0.5) is 22.0 Å². The molecule has 0 aliphatic heterocycles. The second-order valence-electron chi connectivity index (χ2n) is 8.89. The lowest BCUT2D eigenvalue weighted by Crippen LogP contribution is -2.35. The maximum atomic E-state index is 14.4. The van der Waals surface area contributed by atoms with Crippen LogP contribution < -0.4 is 0 Å². The Hall–Kier alpha value is -2.17. The largest absolute Gasteiger partial charge is 0.416 e. The zero-order chi connectivity index (χ0) is 22.2. The summed E-state index contributed by atoms with van der Waals surface area (Å²) in [4.78, 5) is 0. The number of hydrogen-bond acceptors (Lipinski definition) is 0. The number of hydrogen-bond donors (Lipinski definition) is 0. The van der Waals surface area contributed by atoms with E-state index in [0.29, 0.717) is 17.9 Å². The Morgan fingerprint density at radius 2 is 1.74 bits per heavy atom. The third-order valence-electron chi connectivity index (χ3n) is 7.22. The molecule has 0 radical (unpaired) electrons. The SMILES string of the molecule is C/C=C/CC[C@@H]1CC[C@H]2c3cc(F)cc(F)c3CC[C@@H]2[C@H]1c1ccc(C(F)(F)F)cc1. The number of rotatable bonds is 4. The fourth-order valence-corrected chi connectivity index (χ4v) is 5.90. The van der Waals surface area contributed by atoms with Crippen LogP contribution in [0.2, 0.25) is 0 Å². The van der Waals surface area contributed by atoms with Crippen molar-refractivity contribution in [1.82, 2.24) is 0 Å². The molecule has 31 heavy (non-hydrogen) atoms. The minimum absolute atomic E-state index is 0.0409. The van der Waals surface area contributed by atoms with E-state index in [-0.39, 0.29) is 17.8 Å². The van der Waals surface area contributed by atoms with E-state index < -0.39 is 23.4 Å². The molecule has 0 bridgehead atoms. The van der Waals surface area contributed by atoms with Crippen LogP contribution in [-0.4, -0.2) is 0 Å². The summed E-state index contributed by atoms with van der Waals surface area (Å²) in [5.74, 6) is -0.387. The first-order chi connectivity index (χ1) is 14.8. The molecule has 0 heterocycles. The topological polar surface area (TPSA) is 0 Å². The van der Waals surface area contributed by atoms with E-state index in [1.165, 1.54) is 6.07 Å². The van der Waals surface area contributed by atoms with E-state index in [2.05, 4.69) is 6.08 Å². The Balaban J connectivity index is 1.70. The van der Waals surface area contributed by atoms with Crippen LogP contribution in [0.15, 0.2) is 48.6 Å². The molecule has 0 aromatic heterocycles. The first kappa shape index (κ1) is 22.0. The monoisotopic (exact) mass is 434 g/mol. The average molecular weight is 434 g/mol. The first-order valence-corrected chi connectivity index (χ1v) is 11.1. The molecule has 5 heteroatoms. The van der Waals surface area contributed by atoms with Gasteiger partial charge in [-0.25, -0.2) is 8.78 Å². The summed E-state index contributed by atoms with van der Waals surface area (Å²) in [6.45, 7) is 1.98. The van der Waals surface area contributed by atoms with E-state index in [1.807, 2.05) is 13.0 Å². The van der Waals surface area contributed by atoms with Crippen molar-refractivity contribution in [2.75, 3.05) is 0 Å². The first-order valence-electron chi connectivity index (χ1n) is 11.1. The maximum absolute atomic E-state index is 14.4. The van der Waals surface area contributed by atoms with Crippen LogP contribution in [0.25, 0.3) is 0 Å².